The molecule has 4 heteroatoms. The van der Waals surface area contributed by atoms with Crippen molar-refractivity contribution in [2.45, 2.75) is 32.6 Å². The zero-order valence-electron chi connectivity index (χ0n) is 10.1. The maximum Gasteiger partial charge on any atom is 0.251 e. The average molecular weight is 238 g/mol. The van der Waals surface area contributed by atoms with Crippen molar-refractivity contribution in [1.82, 2.24) is 0 Å². The van der Waals surface area contributed by atoms with Gasteiger partial charge in [0.2, 0.25) is 0 Å². The number of hydrogen-bond acceptors (Lipinski definition) is 2. The molecule has 0 bridgehead atoms. The lowest BCUT2D eigenvalue weighted by Gasteiger charge is -2.07. The first-order chi connectivity index (χ1) is 8.15. The van der Waals surface area contributed by atoms with Gasteiger partial charge in [-0.2, -0.15) is 0 Å². The Balaban J connectivity index is 2.49. The van der Waals surface area contributed by atoms with Crippen molar-refractivity contribution in [2.24, 2.45) is 5.73 Å². The van der Waals surface area contributed by atoms with E-state index in [-0.39, 0.29) is 5.56 Å². The molecule has 0 spiro atoms. The van der Waals surface area contributed by atoms with Crippen LogP contribution in [-0.4, -0.2) is 12.5 Å². The third-order valence-electron chi connectivity index (χ3n) is 2.59. The van der Waals surface area contributed by atoms with Gasteiger partial charge in [0.1, 0.15) is 5.82 Å². The summed E-state index contributed by atoms with van der Waals surface area (Å²) in [6, 6.07) is 4.33. The topological polar surface area (TPSA) is 55.1 Å². The Labute approximate surface area is 101 Å². The second-order valence-electron chi connectivity index (χ2n) is 4.05. The smallest absolute Gasteiger partial charge is 0.251 e. The summed E-state index contributed by atoms with van der Waals surface area (Å²) < 4.78 is 13.2. The van der Waals surface area contributed by atoms with E-state index in [2.05, 4.69) is 12.2 Å². The molecule has 0 radical (unpaired) electrons. The Morgan fingerprint density at radius 1 is 1.35 bits per heavy atom. The zero-order chi connectivity index (χ0) is 12.7. The average Bonchev–Trinajstić information content (AvgIpc) is 2.30. The molecule has 1 amide bonds. The highest BCUT2D eigenvalue weighted by Crippen LogP contribution is 2.14. The van der Waals surface area contributed by atoms with E-state index in [9.17, 15) is 9.18 Å². The van der Waals surface area contributed by atoms with Gasteiger partial charge in [0.15, 0.2) is 0 Å². The van der Waals surface area contributed by atoms with Gasteiger partial charge in [-0.15, -0.1) is 0 Å². The molecule has 1 aromatic rings. The van der Waals surface area contributed by atoms with Gasteiger partial charge < -0.3 is 11.1 Å². The van der Waals surface area contributed by atoms with Crippen LogP contribution in [0.2, 0.25) is 0 Å². The molecule has 0 heterocycles. The Morgan fingerprint density at radius 3 is 2.76 bits per heavy atom. The molecule has 0 aliphatic rings. The molecule has 0 atom stereocenters. The number of halogens is 1. The number of carbonyl (C=O) groups is 1. The summed E-state index contributed by atoms with van der Waals surface area (Å²) in [7, 11) is 0. The van der Waals surface area contributed by atoms with Crippen molar-refractivity contribution in [1.29, 1.82) is 0 Å². The highest BCUT2D eigenvalue weighted by molar-refractivity contribution is 5.94. The Bertz CT molecular complexity index is 380. The molecule has 0 saturated heterocycles. The van der Waals surface area contributed by atoms with Crippen molar-refractivity contribution in [3.63, 3.8) is 0 Å². The fourth-order valence-electron chi connectivity index (χ4n) is 1.61. The first kappa shape index (κ1) is 13.5. The van der Waals surface area contributed by atoms with Crippen LogP contribution in [0.3, 0.4) is 0 Å². The van der Waals surface area contributed by atoms with Gasteiger partial charge in [-0.25, -0.2) is 4.39 Å². The van der Waals surface area contributed by atoms with Crippen LogP contribution < -0.4 is 11.1 Å². The molecule has 3 N–H and O–H groups in total. The van der Waals surface area contributed by atoms with Crippen LogP contribution in [-0.2, 0) is 0 Å². The summed E-state index contributed by atoms with van der Waals surface area (Å²) in [5, 5.41) is 3.15. The maximum absolute atomic E-state index is 13.2. The van der Waals surface area contributed by atoms with Gasteiger partial charge in [0.05, 0.1) is 5.56 Å². The molecule has 3 nitrogen and oxygen atoms in total. The second kappa shape index (κ2) is 6.89. The molecule has 0 aliphatic carbocycles. The van der Waals surface area contributed by atoms with Gasteiger partial charge in [-0.05, 0) is 24.6 Å². The van der Waals surface area contributed by atoms with Gasteiger partial charge in [-0.3, -0.25) is 4.79 Å². The molecule has 0 unspecified atom stereocenters. The number of anilines is 1. The van der Waals surface area contributed by atoms with Crippen molar-refractivity contribution < 1.29 is 9.18 Å². The Kier molecular flexibility index (Phi) is 5.46. The Hall–Kier alpha value is -1.58. The van der Waals surface area contributed by atoms with Crippen LogP contribution in [0.15, 0.2) is 18.2 Å². The number of amides is 1. The molecule has 94 valence electrons. The quantitative estimate of drug-likeness (QED) is 0.717. The van der Waals surface area contributed by atoms with Crippen molar-refractivity contribution >= 4 is 11.6 Å². The summed E-state index contributed by atoms with van der Waals surface area (Å²) in [6.07, 6.45) is 4.66. The van der Waals surface area contributed by atoms with Crippen LogP contribution in [0, 0.1) is 5.82 Å². The minimum absolute atomic E-state index is 0.0661. The molecular formula is C13H19FN2O. The highest BCUT2D eigenvalue weighted by atomic mass is 19.1. The van der Waals surface area contributed by atoms with E-state index in [0.29, 0.717) is 0 Å². The molecule has 0 fully saturated rings. The molecule has 0 saturated carbocycles. The largest absolute Gasteiger partial charge is 0.385 e. The van der Waals surface area contributed by atoms with Crippen molar-refractivity contribution in [2.75, 3.05) is 11.9 Å². The molecule has 17 heavy (non-hydrogen) atoms. The van der Waals surface area contributed by atoms with Gasteiger partial charge in [-0.1, -0.05) is 26.2 Å². The third-order valence-corrected chi connectivity index (χ3v) is 2.59. The minimum atomic E-state index is -0.739. The van der Waals surface area contributed by atoms with Crippen LogP contribution >= 0.6 is 0 Å². The number of hydrogen-bond donors (Lipinski definition) is 2. The summed E-state index contributed by atoms with van der Waals surface area (Å²) in [5.41, 5.74) is 5.74. The zero-order valence-corrected chi connectivity index (χ0v) is 10.1. The van der Waals surface area contributed by atoms with Gasteiger partial charge in [0.25, 0.3) is 5.91 Å². The van der Waals surface area contributed by atoms with Crippen molar-refractivity contribution in [3.05, 3.63) is 29.6 Å². The van der Waals surface area contributed by atoms with Gasteiger partial charge in [0, 0.05) is 12.2 Å². The van der Waals surface area contributed by atoms with E-state index in [0.717, 1.165) is 18.7 Å². The number of carbonyl (C=O) groups excluding carboxylic acids is 1. The van der Waals surface area contributed by atoms with Gasteiger partial charge >= 0.3 is 0 Å². The Morgan fingerprint density at radius 2 is 2.12 bits per heavy atom. The SMILES string of the molecule is CCCCCCNc1ccc(F)c(C(N)=O)c1. The van der Waals surface area contributed by atoms with E-state index < -0.39 is 11.7 Å². The lowest BCUT2D eigenvalue weighted by Crippen LogP contribution is -2.13. The lowest BCUT2D eigenvalue weighted by molar-refractivity contribution is 0.0996. The molecular weight excluding hydrogens is 219 g/mol. The maximum atomic E-state index is 13.2. The van der Waals surface area contributed by atoms with Crippen LogP contribution in [0.1, 0.15) is 43.0 Å². The van der Waals surface area contributed by atoms with Crippen molar-refractivity contribution in [3.8, 4) is 0 Å². The van der Waals surface area contributed by atoms with E-state index >= 15 is 0 Å². The molecule has 0 aliphatic heterocycles. The number of unbranched alkanes of at least 4 members (excludes halogenated alkanes) is 3. The fourth-order valence-corrected chi connectivity index (χ4v) is 1.61. The number of nitrogens with one attached hydrogen (secondary N) is 1. The van der Waals surface area contributed by atoms with Crippen LogP contribution in [0.25, 0.3) is 0 Å². The number of benzene rings is 1. The summed E-state index contributed by atoms with van der Waals surface area (Å²) in [6.45, 7) is 2.98. The standard InChI is InChI=1S/C13H19FN2O/c1-2-3-4-5-8-16-10-6-7-12(14)11(9-10)13(15)17/h6-7,9,16H,2-5,8H2,1H3,(H2,15,17). The van der Waals surface area contributed by atoms with E-state index in [1.807, 2.05) is 0 Å². The first-order valence-electron chi connectivity index (χ1n) is 5.98. The van der Waals surface area contributed by atoms with E-state index in [4.69, 9.17) is 5.73 Å². The minimum Gasteiger partial charge on any atom is -0.385 e. The number of primary amides is 1. The predicted octanol–water partition coefficient (Wildman–Crippen LogP) is 2.92. The van der Waals surface area contributed by atoms with E-state index in [1.54, 1.807) is 6.07 Å². The monoisotopic (exact) mass is 238 g/mol. The first-order valence-corrected chi connectivity index (χ1v) is 5.98. The summed E-state index contributed by atoms with van der Waals surface area (Å²) in [5.74, 6) is -1.31. The lowest BCUT2D eigenvalue weighted by atomic mass is 10.1. The van der Waals surface area contributed by atoms with Crippen LogP contribution in [0.4, 0.5) is 10.1 Å². The van der Waals surface area contributed by atoms with E-state index in [1.165, 1.54) is 31.4 Å². The molecule has 0 aromatic heterocycles. The molecule has 1 rings (SSSR count). The fraction of sp³-hybridized carbons (Fsp3) is 0.462. The number of nitrogens with two attached hydrogens (primary N) is 1. The summed E-state index contributed by atoms with van der Waals surface area (Å²) in [4.78, 5) is 10.9. The molecule has 1 aromatic carbocycles. The second-order valence-corrected chi connectivity index (χ2v) is 4.05. The van der Waals surface area contributed by atoms with Crippen LogP contribution in [0.5, 0.6) is 0 Å². The predicted molar refractivity (Wildman–Crippen MR) is 67.5 cm³/mol. The highest BCUT2D eigenvalue weighted by Gasteiger charge is 2.08. The third kappa shape index (κ3) is 4.43. The normalized spacial score (nSPS) is 10.2. The summed E-state index contributed by atoms with van der Waals surface area (Å²) >= 11 is 0. The number of rotatable bonds is 7.